The monoisotopic (exact) mass is 334 g/mol. The summed E-state index contributed by atoms with van der Waals surface area (Å²) in [5, 5.41) is 0.553. The Kier molecular flexibility index (Phi) is 3.43. The summed E-state index contributed by atoms with van der Waals surface area (Å²) in [6.45, 7) is 3.56. The highest BCUT2D eigenvalue weighted by atomic mass is 79.9. The zero-order chi connectivity index (χ0) is 14.4. The van der Waals surface area contributed by atoms with Gasteiger partial charge in [0.05, 0.1) is 0 Å². The minimum Gasteiger partial charge on any atom is -0.351 e. The summed E-state index contributed by atoms with van der Waals surface area (Å²) < 4.78 is 40.2. The van der Waals surface area contributed by atoms with Gasteiger partial charge in [0.25, 0.3) is 0 Å². The highest BCUT2D eigenvalue weighted by Crippen LogP contribution is 2.41. The van der Waals surface area contributed by atoms with E-state index >= 15 is 0 Å². The van der Waals surface area contributed by atoms with Crippen LogP contribution in [0.1, 0.15) is 25.1 Å². The van der Waals surface area contributed by atoms with Crippen LogP contribution in [0.2, 0.25) is 0 Å². The van der Waals surface area contributed by atoms with Crippen LogP contribution in [0, 0.1) is 0 Å². The van der Waals surface area contributed by atoms with Crippen LogP contribution >= 0.6 is 15.9 Å². The fraction of sp³-hybridized carbons (Fsp3) is 0.385. The van der Waals surface area contributed by atoms with Crippen molar-refractivity contribution in [1.29, 1.82) is 0 Å². The Hall–Kier alpha value is -1.01. The van der Waals surface area contributed by atoms with Gasteiger partial charge in [-0.2, -0.15) is 13.2 Å². The molecule has 3 N–H and O–H groups in total. The summed E-state index contributed by atoms with van der Waals surface area (Å²) in [6.07, 6.45) is -4.42. The van der Waals surface area contributed by atoms with Crippen LogP contribution in [-0.4, -0.2) is 11.5 Å². The Labute approximate surface area is 117 Å². The molecule has 0 saturated heterocycles. The molecule has 0 amide bonds. The normalized spacial score (nSPS) is 13.2. The number of rotatable bonds is 2. The minimum absolute atomic E-state index is 0.134. The van der Waals surface area contributed by atoms with E-state index < -0.39 is 17.3 Å². The van der Waals surface area contributed by atoms with Gasteiger partial charge in [0.1, 0.15) is 5.69 Å². The number of hydrogen-bond acceptors (Lipinski definition) is 1. The van der Waals surface area contributed by atoms with E-state index in [4.69, 9.17) is 5.73 Å². The first kappa shape index (κ1) is 14.4. The lowest BCUT2D eigenvalue weighted by atomic mass is 9.82. The molecule has 0 spiro atoms. The van der Waals surface area contributed by atoms with Gasteiger partial charge in [0, 0.05) is 27.3 Å². The van der Waals surface area contributed by atoms with Crippen LogP contribution in [-0.2, 0) is 11.6 Å². The zero-order valence-electron chi connectivity index (χ0n) is 10.5. The average molecular weight is 335 g/mol. The Morgan fingerprint density at radius 3 is 2.42 bits per heavy atom. The first-order valence-corrected chi connectivity index (χ1v) is 6.55. The van der Waals surface area contributed by atoms with Gasteiger partial charge >= 0.3 is 6.18 Å². The van der Waals surface area contributed by atoms with E-state index in [2.05, 4.69) is 20.9 Å². The summed E-state index contributed by atoms with van der Waals surface area (Å²) >= 11 is 3.29. The van der Waals surface area contributed by atoms with Crippen molar-refractivity contribution >= 4 is 26.8 Å². The van der Waals surface area contributed by atoms with Gasteiger partial charge in [0.2, 0.25) is 0 Å². The molecule has 0 unspecified atom stereocenters. The fourth-order valence-electron chi connectivity index (χ4n) is 2.18. The van der Waals surface area contributed by atoms with Crippen molar-refractivity contribution in [3.63, 3.8) is 0 Å². The van der Waals surface area contributed by atoms with Crippen molar-refractivity contribution in [3.05, 3.63) is 33.9 Å². The number of nitrogens with two attached hydrogens (primary N) is 1. The van der Waals surface area contributed by atoms with Crippen LogP contribution in [0.25, 0.3) is 10.9 Å². The number of H-pyrrole nitrogens is 1. The second kappa shape index (κ2) is 4.52. The Morgan fingerprint density at radius 2 is 1.89 bits per heavy atom. The van der Waals surface area contributed by atoms with Crippen molar-refractivity contribution in [2.45, 2.75) is 25.4 Å². The third kappa shape index (κ3) is 2.51. The molecule has 2 nitrogen and oxygen atoms in total. The van der Waals surface area contributed by atoms with Gasteiger partial charge in [-0.1, -0.05) is 29.8 Å². The molecular weight excluding hydrogens is 321 g/mol. The fourth-order valence-corrected chi connectivity index (χ4v) is 2.54. The molecule has 19 heavy (non-hydrogen) atoms. The molecular formula is C13H14BrF3N2. The highest BCUT2D eigenvalue weighted by molar-refractivity contribution is 9.10. The number of nitrogens with one attached hydrogen (secondary N) is 1. The van der Waals surface area contributed by atoms with E-state index in [0.717, 1.165) is 4.47 Å². The lowest BCUT2D eigenvalue weighted by Crippen LogP contribution is -2.30. The minimum atomic E-state index is -4.42. The molecule has 0 aliphatic carbocycles. The second-order valence-corrected chi connectivity index (χ2v) is 6.07. The Balaban J connectivity index is 2.86. The molecule has 0 fully saturated rings. The maximum atomic E-state index is 13.2. The third-order valence-electron chi connectivity index (χ3n) is 3.23. The van der Waals surface area contributed by atoms with E-state index in [1.165, 1.54) is 0 Å². The third-order valence-corrected chi connectivity index (χ3v) is 3.72. The maximum Gasteiger partial charge on any atom is 0.431 e. The van der Waals surface area contributed by atoms with Crippen molar-refractivity contribution in [2.75, 3.05) is 6.54 Å². The molecule has 1 heterocycles. The molecule has 0 aliphatic rings. The van der Waals surface area contributed by atoms with Gasteiger partial charge in [-0.3, -0.25) is 0 Å². The van der Waals surface area contributed by atoms with Crippen LogP contribution in [0.3, 0.4) is 0 Å². The van der Waals surface area contributed by atoms with E-state index in [1.807, 2.05) is 0 Å². The van der Waals surface area contributed by atoms with Gasteiger partial charge in [-0.05, 0) is 23.8 Å². The number of benzene rings is 1. The highest BCUT2D eigenvalue weighted by Gasteiger charge is 2.40. The number of aromatic amines is 1. The first-order chi connectivity index (χ1) is 8.66. The maximum absolute atomic E-state index is 13.2. The van der Waals surface area contributed by atoms with Gasteiger partial charge in [0.15, 0.2) is 0 Å². The summed E-state index contributed by atoms with van der Waals surface area (Å²) in [5.74, 6) is 0. The van der Waals surface area contributed by atoms with Crippen molar-refractivity contribution in [2.24, 2.45) is 5.73 Å². The lowest BCUT2D eigenvalue weighted by Gasteiger charge is -2.24. The molecule has 0 aliphatic heterocycles. The average Bonchev–Trinajstić information content (AvgIpc) is 2.67. The number of fused-ring (bicyclic) bond motifs is 1. The van der Waals surface area contributed by atoms with Crippen LogP contribution in [0.15, 0.2) is 22.7 Å². The van der Waals surface area contributed by atoms with E-state index in [-0.39, 0.29) is 12.1 Å². The second-order valence-electron chi connectivity index (χ2n) is 5.15. The molecule has 2 aromatic rings. The summed E-state index contributed by atoms with van der Waals surface area (Å²) in [5.41, 5.74) is 4.86. The number of halogens is 4. The van der Waals surface area contributed by atoms with Crippen LogP contribution < -0.4 is 5.73 Å². The standard InChI is InChI=1S/C13H14BrF3N2/c1-12(2,6-18)10-8-5-7(14)3-4-9(8)19-11(10)13(15,16)17/h3-5,19H,6,18H2,1-2H3. The van der Waals surface area contributed by atoms with E-state index in [1.54, 1.807) is 32.0 Å². The van der Waals surface area contributed by atoms with E-state index in [0.29, 0.717) is 10.9 Å². The predicted octanol–water partition coefficient (Wildman–Crippen LogP) is 4.19. The molecule has 0 saturated carbocycles. The van der Waals surface area contributed by atoms with Crippen molar-refractivity contribution in [3.8, 4) is 0 Å². The number of aromatic nitrogens is 1. The molecule has 2 rings (SSSR count). The van der Waals surface area contributed by atoms with Gasteiger partial charge in [-0.25, -0.2) is 0 Å². The molecule has 1 aromatic heterocycles. The number of alkyl halides is 3. The Morgan fingerprint density at radius 1 is 1.26 bits per heavy atom. The van der Waals surface area contributed by atoms with Crippen molar-refractivity contribution in [1.82, 2.24) is 4.98 Å². The molecule has 0 bridgehead atoms. The molecule has 0 atom stereocenters. The largest absolute Gasteiger partial charge is 0.431 e. The zero-order valence-corrected chi connectivity index (χ0v) is 12.1. The molecule has 104 valence electrons. The summed E-state index contributed by atoms with van der Waals surface area (Å²) in [4.78, 5) is 2.47. The molecule has 0 radical (unpaired) electrons. The topological polar surface area (TPSA) is 41.8 Å². The van der Waals surface area contributed by atoms with Gasteiger partial charge < -0.3 is 10.7 Å². The van der Waals surface area contributed by atoms with E-state index in [9.17, 15) is 13.2 Å². The smallest absolute Gasteiger partial charge is 0.351 e. The predicted molar refractivity (Wildman–Crippen MR) is 73.1 cm³/mol. The van der Waals surface area contributed by atoms with Gasteiger partial charge in [-0.15, -0.1) is 0 Å². The van der Waals surface area contributed by atoms with Crippen LogP contribution in [0.4, 0.5) is 13.2 Å². The summed E-state index contributed by atoms with van der Waals surface area (Å²) in [6, 6.07) is 5.02. The number of hydrogen-bond donors (Lipinski definition) is 2. The first-order valence-electron chi connectivity index (χ1n) is 5.76. The molecule has 1 aromatic carbocycles. The summed E-state index contributed by atoms with van der Waals surface area (Å²) in [7, 11) is 0. The van der Waals surface area contributed by atoms with Crippen LogP contribution in [0.5, 0.6) is 0 Å². The quantitative estimate of drug-likeness (QED) is 0.849. The Bertz CT molecular complexity index is 614. The molecule has 6 heteroatoms. The SMILES string of the molecule is CC(C)(CN)c1c(C(F)(F)F)[nH]c2ccc(Br)cc12. The lowest BCUT2D eigenvalue weighted by molar-refractivity contribution is -0.141. The van der Waals surface area contributed by atoms with Crippen molar-refractivity contribution < 1.29 is 13.2 Å².